The number of halogens is 2. The molecule has 0 spiro atoms. The van der Waals surface area contributed by atoms with Gasteiger partial charge in [0.05, 0.1) is 17.5 Å². The van der Waals surface area contributed by atoms with Gasteiger partial charge in [-0.15, -0.1) is 0 Å². The summed E-state index contributed by atoms with van der Waals surface area (Å²) in [5.74, 6) is -0.960. The van der Waals surface area contributed by atoms with Crippen LogP contribution < -0.4 is 11.2 Å². The molecule has 3 heterocycles. The standard InChI is InChI=1S/C15H13F2N5O2/c1-22-13-9(5-19-22)7(6-2-8(6)12(16)17)3-11(20-13)10-4-18-15(24)21-14(10)23/h3-6,8,12H,2H2,1H3,(H2,18,21,23,24)/t6-,8+/m1/s1. The molecule has 4 rings (SSSR count). The van der Waals surface area contributed by atoms with E-state index in [1.165, 1.54) is 10.9 Å². The van der Waals surface area contributed by atoms with Crippen molar-refractivity contribution in [3.05, 3.63) is 44.9 Å². The van der Waals surface area contributed by atoms with E-state index in [1.54, 1.807) is 19.3 Å². The van der Waals surface area contributed by atoms with Crippen LogP contribution in [0.5, 0.6) is 0 Å². The Labute approximate surface area is 133 Å². The monoisotopic (exact) mass is 333 g/mol. The van der Waals surface area contributed by atoms with Gasteiger partial charge < -0.3 is 4.98 Å². The average molecular weight is 333 g/mol. The van der Waals surface area contributed by atoms with Gasteiger partial charge in [-0.05, 0) is 24.0 Å². The first-order valence-electron chi connectivity index (χ1n) is 7.39. The molecule has 7 nitrogen and oxygen atoms in total. The van der Waals surface area contributed by atoms with Crippen LogP contribution in [0, 0.1) is 5.92 Å². The Morgan fingerprint density at radius 1 is 1.38 bits per heavy atom. The van der Waals surface area contributed by atoms with Crippen LogP contribution in [0.15, 0.2) is 28.0 Å². The number of alkyl halides is 2. The molecule has 3 aromatic heterocycles. The minimum absolute atomic E-state index is 0.174. The third-order valence-electron chi connectivity index (χ3n) is 4.40. The van der Waals surface area contributed by atoms with Gasteiger partial charge in [0.15, 0.2) is 5.65 Å². The van der Waals surface area contributed by atoms with Crippen LogP contribution in [0.25, 0.3) is 22.3 Å². The smallest absolute Gasteiger partial charge is 0.313 e. The van der Waals surface area contributed by atoms with Crippen molar-refractivity contribution < 1.29 is 8.78 Å². The Morgan fingerprint density at radius 2 is 2.17 bits per heavy atom. The minimum Gasteiger partial charge on any atom is -0.313 e. The quantitative estimate of drug-likeness (QED) is 0.757. The molecule has 24 heavy (non-hydrogen) atoms. The number of aromatic amines is 2. The molecule has 124 valence electrons. The number of H-pyrrole nitrogens is 2. The summed E-state index contributed by atoms with van der Waals surface area (Å²) in [5.41, 5.74) is 0.504. The minimum atomic E-state index is -2.38. The lowest BCUT2D eigenvalue weighted by molar-refractivity contribution is 0.120. The lowest BCUT2D eigenvalue weighted by atomic mass is 10.0. The topological polar surface area (TPSA) is 96.4 Å². The molecule has 1 aliphatic rings. The predicted molar refractivity (Wildman–Crippen MR) is 82.0 cm³/mol. The Bertz CT molecular complexity index is 1050. The first-order valence-corrected chi connectivity index (χ1v) is 7.39. The molecule has 3 aromatic rings. The summed E-state index contributed by atoms with van der Waals surface area (Å²) in [4.78, 5) is 32.1. The van der Waals surface area contributed by atoms with E-state index in [1.807, 2.05) is 0 Å². The average Bonchev–Trinajstić information content (AvgIpc) is 3.25. The molecule has 0 aromatic carbocycles. The summed E-state index contributed by atoms with van der Waals surface area (Å²) in [7, 11) is 1.69. The largest absolute Gasteiger partial charge is 0.325 e. The molecule has 0 saturated heterocycles. The highest BCUT2D eigenvalue weighted by Crippen LogP contribution is 2.52. The fourth-order valence-corrected chi connectivity index (χ4v) is 3.03. The van der Waals surface area contributed by atoms with Gasteiger partial charge in [-0.3, -0.25) is 14.5 Å². The Balaban J connectivity index is 1.93. The van der Waals surface area contributed by atoms with Gasteiger partial charge >= 0.3 is 5.69 Å². The number of aryl methyl sites for hydroxylation is 1. The summed E-state index contributed by atoms with van der Waals surface area (Å²) >= 11 is 0. The highest BCUT2D eigenvalue weighted by atomic mass is 19.3. The number of nitrogens with one attached hydrogen (secondary N) is 2. The van der Waals surface area contributed by atoms with E-state index in [9.17, 15) is 18.4 Å². The van der Waals surface area contributed by atoms with E-state index in [2.05, 4.69) is 20.1 Å². The summed E-state index contributed by atoms with van der Waals surface area (Å²) in [5, 5.41) is 4.83. The molecule has 1 aliphatic carbocycles. The van der Waals surface area contributed by atoms with Crippen molar-refractivity contribution in [2.24, 2.45) is 13.0 Å². The Hall–Kier alpha value is -2.84. The maximum atomic E-state index is 13.0. The van der Waals surface area contributed by atoms with Gasteiger partial charge in [-0.25, -0.2) is 18.6 Å². The van der Waals surface area contributed by atoms with E-state index in [4.69, 9.17) is 0 Å². The lowest BCUT2D eigenvalue weighted by Crippen LogP contribution is -2.22. The third-order valence-corrected chi connectivity index (χ3v) is 4.40. The molecule has 2 N–H and O–H groups in total. The van der Waals surface area contributed by atoms with Gasteiger partial charge in [0.2, 0.25) is 6.43 Å². The van der Waals surface area contributed by atoms with Gasteiger partial charge in [0, 0.05) is 24.5 Å². The molecular weight excluding hydrogens is 320 g/mol. The fraction of sp³-hybridized carbons (Fsp3) is 0.333. The number of aromatic nitrogens is 5. The lowest BCUT2D eigenvalue weighted by Gasteiger charge is -2.07. The number of hydrogen-bond acceptors (Lipinski definition) is 4. The zero-order valence-electron chi connectivity index (χ0n) is 12.6. The third kappa shape index (κ3) is 2.24. The maximum absolute atomic E-state index is 13.0. The molecule has 9 heteroatoms. The van der Waals surface area contributed by atoms with Crippen LogP contribution in [-0.2, 0) is 7.05 Å². The van der Waals surface area contributed by atoms with Crippen molar-refractivity contribution in [3.63, 3.8) is 0 Å². The van der Waals surface area contributed by atoms with Crippen molar-refractivity contribution in [2.45, 2.75) is 18.8 Å². The highest BCUT2D eigenvalue weighted by Gasteiger charge is 2.46. The Morgan fingerprint density at radius 3 is 2.83 bits per heavy atom. The van der Waals surface area contributed by atoms with Crippen molar-refractivity contribution in [3.8, 4) is 11.3 Å². The van der Waals surface area contributed by atoms with Crippen LogP contribution in [0.4, 0.5) is 8.78 Å². The molecule has 1 fully saturated rings. The number of nitrogens with zero attached hydrogens (tertiary/aromatic N) is 3. The molecule has 0 bridgehead atoms. The number of pyridine rings is 1. The van der Waals surface area contributed by atoms with Crippen molar-refractivity contribution in [1.29, 1.82) is 0 Å². The maximum Gasteiger partial charge on any atom is 0.325 e. The first-order chi connectivity index (χ1) is 11.5. The van der Waals surface area contributed by atoms with Crippen LogP contribution in [0.1, 0.15) is 17.9 Å². The van der Waals surface area contributed by atoms with Crippen LogP contribution >= 0.6 is 0 Å². The molecule has 0 aliphatic heterocycles. The van der Waals surface area contributed by atoms with Crippen molar-refractivity contribution in [2.75, 3.05) is 0 Å². The first kappa shape index (κ1) is 14.7. The summed E-state index contributed by atoms with van der Waals surface area (Å²) in [6, 6.07) is 1.64. The molecule has 0 unspecified atom stereocenters. The molecule has 0 amide bonds. The van der Waals surface area contributed by atoms with Gasteiger partial charge in [0.25, 0.3) is 5.56 Å². The van der Waals surface area contributed by atoms with E-state index >= 15 is 0 Å². The van der Waals surface area contributed by atoms with Crippen LogP contribution in [-0.4, -0.2) is 31.2 Å². The fourth-order valence-electron chi connectivity index (χ4n) is 3.03. The van der Waals surface area contributed by atoms with E-state index in [0.29, 0.717) is 28.7 Å². The molecule has 1 saturated carbocycles. The Kier molecular flexibility index (Phi) is 3.12. The number of hydrogen-bond donors (Lipinski definition) is 2. The summed E-state index contributed by atoms with van der Waals surface area (Å²) in [6.45, 7) is 0. The van der Waals surface area contributed by atoms with Crippen LogP contribution in [0.3, 0.4) is 0 Å². The highest BCUT2D eigenvalue weighted by molar-refractivity contribution is 5.83. The van der Waals surface area contributed by atoms with Gasteiger partial charge in [-0.2, -0.15) is 5.10 Å². The van der Waals surface area contributed by atoms with Crippen molar-refractivity contribution >= 4 is 11.0 Å². The molecular formula is C15H13F2N5O2. The van der Waals surface area contributed by atoms with E-state index in [-0.39, 0.29) is 11.5 Å². The molecule has 0 radical (unpaired) electrons. The predicted octanol–water partition coefficient (Wildman–Crippen LogP) is 1.38. The van der Waals surface area contributed by atoms with E-state index < -0.39 is 23.6 Å². The van der Waals surface area contributed by atoms with Gasteiger partial charge in [0.1, 0.15) is 0 Å². The SMILES string of the molecule is Cn1ncc2c([C@H]3C[C@@H]3C(F)F)cc(-c3c[nH]c(=O)[nH]c3=O)nc21. The van der Waals surface area contributed by atoms with Crippen LogP contribution in [0.2, 0.25) is 0 Å². The molecule has 2 atom stereocenters. The zero-order chi connectivity index (χ0) is 17.0. The zero-order valence-corrected chi connectivity index (χ0v) is 12.6. The summed E-state index contributed by atoms with van der Waals surface area (Å²) in [6.07, 6.45) is 0.884. The number of rotatable bonds is 3. The summed E-state index contributed by atoms with van der Waals surface area (Å²) < 4.78 is 27.5. The second-order valence-electron chi connectivity index (χ2n) is 5.93. The van der Waals surface area contributed by atoms with Gasteiger partial charge in [-0.1, -0.05) is 0 Å². The second kappa shape index (κ2) is 5.08. The normalized spacial score (nSPS) is 20.0. The van der Waals surface area contributed by atoms with Crippen molar-refractivity contribution in [1.82, 2.24) is 24.7 Å². The van der Waals surface area contributed by atoms with E-state index in [0.717, 1.165) is 0 Å². The number of fused-ring (bicyclic) bond motifs is 1. The second-order valence-corrected chi connectivity index (χ2v) is 5.93.